The van der Waals surface area contributed by atoms with Gasteiger partial charge in [0.05, 0.1) is 17.7 Å². The van der Waals surface area contributed by atoms with Crippen molar-refractivity contribution in [3.05, 3.63) is 71.4 Å². The van der Waals surface area contributed by atoms with Crippen molar-refractivity contribution in [1.29, 1.82) is 0 Å². The van der Waals surface area contributed by atoms with Gasteiger partial charge in [-0.15, -0.1) is 0 Å². The van der Waals surface area contributed by atoms with Crippen LogP contribution in [0.3, 0.4) is 0 Å². The Labute approximate surface area is 200 Å². The first kappa shape index (κ1) is 21.6. The summed E-state index contributed by atoms with van der Waals surface area (Å²) in [6.07, 6.45) is 5.18. The molecule has 1 amide bonds. The number of hydrogen-bond acceptors (Lipinski definition) is 5. The fraction of sp³-hybridized carbons (Fsp3) is 0.429. The molecule has 3 aliphatic rings. The third-order valence-electron chi connectivity index (χ3n) is 7.88. The molecule has 1 saturated heterocycles. The summed E-state index contributed by atoms with van der Waals surface area (Å²) in [5.41, 5.74) is 5.20. The van der Waals surface area contributed by atoms with Gasteiger partial charge in [-0.3, -0.25) is 14.7 Å². The van der Waals surface area contributed by atoms with Crippen LogP contribution >= 0.6 is 0 Å². The third-order valence-corrected chi connectivity index (χ3v) is 7.88. The quantitative estimate of drug-likeness (QED) is 0.647. The number of pyridine rings is 1. The number of carbonyl (C=O) groups excluding carboxylic acids is 1. The van der Waals surface area contributed by atoms with Crippen molar-refractivity contribution < 1.29 is 9.90 Å². The molecule has 2 fully saturated rings. The summed E-state index contributed by atoms with van der Waals surface area (Å²) in [6.45, 7) is 5.34. The smallest absolute Gasteiger partial charge is 0.254 e. The molecule has 0 spiro atoms. The van der Waals surface area contributed by atoms with Crippen molar-refractivity contribution in [3.8, 4) is 0 Å². The molecule has 6 rings (SSSR count). The molecule has 1 aliphatic carbocycles. The minimum absolute atomic E-state index is 0.0589. The molecular formula is C28H32N4O2. The molecule has 0 bridgehead atoms. The number of amides is 1. The van der Waals surface area contributed by atoms with Crippen molar-refractivity contribution in [2.24, 2.45) is 0 Å². The molecule has 0 radical (unpaired) electrons. The molecule has 1 aromatic heterocycles. The van der Waals surface area contributed by atoms with Crippen LogP contribution in [0.25, 0.3) is 10.9 Å². The van der Waals surface area contributed by atoms with E-state index < -0.39 is 6.10 Å². The zero-order chi connectivity index (χ0) is 23.1. The van der Waals surface area contributed by atoms with Gasteiger partial charge in [0.1, 0.15) is 0 Å². The Kier molecular flexibility index (Phi) is 5.71. The number of carbonyl (C=O) groups is 1. The average molecular weight is 457 g/mol. The second-order valence-corrected chi connectivity index (χ2v) is 9.91. The molecule has 34 heavy (non-hydrogen) atoms. The summed E-state index contributed by atoms with van der Waals surface area (Å²) in [7, 11) is 0. The summed E-state index contributed by atoms with van der Waals surface area (Å²) >= 11 is 0. The molecule has 2 aromatic carbocycles. The number of hydrogen-bond donors (Lipinski definition) is 1. The molecule has 1 N–H and O–H groups in total. The van der Waals surface area contributed by atoms with E-state index in [1.54, 1.807) is 0 Å². The maximum Gasteiger partial charge on any atom is 0.254 e. The number of para-hydroxylation sites is 1. The highest BCUT2D eigenvalue weighted by atomic mass is 16.3. The van der Waals surface area contributed by atoms with Gasteiger partial charge in [-0.1, -0.05) is 37.1 Å². The number of aromatic nitrogens is 1. The minimum atomic E-state index is -0.424. The maximum atomic E-state index is 13.5. The lowest BCUT2D eigenvalue weighted by Crippen LogP contribution is -2.46. The first-order chi connectivity index (χ1) is 16.7. The lowest BCUT2D eigenvalue weighted by atomic mass is 9.91. The maximum absolute atomic E-state index is 13.5. The van der Waals surface area contributed by atoms with Gasteiger partial charge in [0, 0.05) is 67.7 Å². The summed E-state index contributed by atoms with van der Waals surface area (Å²) in [6, 6.07) is 16.8. The minimum Gasteiger partial charge on any atom is -0.391 e. The summed E-state index contributed by atoms with van der Waals surface area (Å²) < 4.78 is 0. The van der Waals surface area contributed by atoms with Gasteiger partial charge >= 0.3 is 0 Å². The summed E-state index contributed by atoms with van der Waals surface area (Å²) in [4.78, 5) is 25.0. The number of benzene rings is 2. The van der Waals surface area contributed by atoms with Crippen LogP contribution in [0.1, 0.15) is 47.2 Å². The number of nitrogens with zero attached hydrogens (tertiary/aromatic N) is 4. The molecule has 3 aromatic rings. The predicted octanol–water partition coefficient (Wildman–Crippen LogP) is 3.82. The van der Waals surface area contributed by atoms with E-state index in [0.29, 0.717) is 6.54 Å². The molecule has 6 heteroatoms. The molecule has 176 valence electrons. The topological polar surface area (TPSA) is 59.9 Å². The average Bonchev–Trinajstić information content (AvgIpc) is 3.21. The lowest BCUT2D eigenvalue weighted by molar-refractivity contribution is 0.0192. The third kappa shape index (κ3) is 3.85. The highest BCUT2D eigenvalue weighted by Crippen LogP contribution is 2.36. The van der Waals surface area contributed by atoms with Gasteiger partial charge in [-0.2, -0.15) is 0 Å². The van der Waals surface area contributed by atoms with Crippen molar-refractivity contribution >= 4 is 22.5 Å². The van der Waals surface area contributed by atoms with E-state index in [-0.39, 0.29) is 11.9 Å². The van der Waals surface area contributed by atoms with Gasteiger partial charge in [-0.05, 0) is 42.7 Å². The SMILES string of the molecule is O=C1c2cc(CN3CCN(c4ccccc4)CC3)c3cccnc3c2CN1C1CCCCC1O. The standard InChI is InChI=1S/C28H32N4O2/c33-26-11-5-4-10-25(26)32-19-24-23(28(32)34)17-20(22-9-6-12-29-27(22)24)18-30-13-15-31(16-14-30)21-7-2-1-3-8-21/h1-3,6-9,12,17,25-26,33H,4-5,10-11,13-16,18-19H2. The predicted molar refractivity (Wildman–Crippen MR) is 134 cm³/mol. The first-order valence-electron chi connectivity index (χ1n) is 12.6. The highest BCUT2D eigenvalue weighted by Gasteiger charge is 2.38. The van der Waals surface area contributed by atoms with Crippen molar-refractivity contribution in [3.63, 3.8) is 0 Å². The van der Waals surface area contributed by atoms with E-state index in [4.69, 9.17) is 4.98 Å². The number of anilines is 1. The van der Waals surface area contributed by atoms with Crippen molar-refractivity contribution in [2.75, 3.05) is 31.1 Å². The van der Waals surface area contributed by atoms with Crippen LogP contribution in [0.5, 0.6) is 0 Å². The van der Waals surface area contributed by atoms with E-state index in [2.05, 4.69) is 52.3 Å². The van der Waals surface area contributed by atoms with Crippen molar-refractivity contribution in [1.82, 2.24) is 14.8 Å². The van der Waals surface area contributed by atoms with Crippen LogP contribution in [0, 0.1) is 0 Å². The fourth-order valence-electron chi connectivity index (χ4n) is 6.02. The van der Waals surface area contributed by atoms with Gasteiger partial charge in [0.15, 0.2) is 0 Å². The largest absolute Gasteiger partial charge is 0.391 e. The Morgan fingerprint density at radius 2 is 1.76 bits per heavy atom. The number of piperazine rings is 1. The van der Waals surface area contributed by atoms with Crippen LogP contribution < -0.4 is 4.90 Å². The van der Waals surface area contributed by atoms with E-state index >= 15 is 0 Å². The van der Waals surface area contributed by atoms with E-state index in [0.717, 1.165) is 80.4 Å². The second-order valence-electron chi connectivity index (χ2n) is 9.91. The summed E-state index contributed by atoms with van der Waals surface area (Å²) in [5.74, 6) is 0.0589. The molecule has 2 atom stereocenters. The fourth-order valence-corrected chi connectivity index (χ4v) is 6.02. The molecule has 6 nitrogen and oxygen atoms in total. The Morgan fingerprint density at radius 3 is 2.56 bits per heavy atom. The zero-order valence-corrected chi connectivity index (χ0v) is 19.6. The van der Waals surface area contributed by atoms with Crippen LogP contribution in [0.15, 0.2) is 54.7 Å². The monoisotopic (exact) mass is 456 g/mol. The number of aliphatic hydroxyl groups is 1. The number of fused-ring (bicyclic) bond motifs is 3. The van der Waals surface area contributed by atoms with Gasteiger partial charge in [0.25, 0.3) is 5.91 Å². The van der Waals surface area contributed by atoms with Crippen LogP contribution in [0.2, 0.25) is 0 Å². The molecule has 3 heterocycles. The van der Waals surface area contributed by atoms with Gasteiger partial charge in [-0.25, -0.2) is 0 Å². The zero-order valence-electron chi connectivity index (χ0n) is 19.6. The van der Waals surface area contributed by atoms with Gasteiger partial charge in [0.2, 0.25) is 0 Å². The van der Waals surface area contributed by atoms with Crippen molar-refractivity contribution in [2.45, 2.75) is 50.9 Å². The Morgan fingerprint density at radius 1 is 0.971 bits per heavy atom. The van der Waals surface area contributed by atoms with Gasteiger partial charge < -0.3 is 14.9 Å². The molecule has 2 unspecified atom stereocenters. The first-order valence-corrected chi connectivity index (χ1v) is 12.6. The van der Waals surface area contributed by atoms with Crippen LogP contribution in [-0.2, 0) is 13.1 Å². The highest BCUT2D eigenvalue weighted by molar-refractivity contribution is 6.04. The normalized spacial score (nSPS) is 23.5. The van der Waals surface area contributed by atoms with E-state index in [1.165, 1.54) is 11.3 Å². The Balaban J connectivity index is 1.25. The lowest BCUT2D eigenvalue weighted by Gasteiger charge is -2.36. The molecular weight excluding hydrogens is 424 g/mol. The van der Waals surface area contributed by atoms with E-state index in [1.807, 2.05) is 17.2 Å². The summed E-state index contributed by atoms with van der Waals surface area (Å²) in [5, 5.41) is 11.7. The second kappa shape index (κ2) is 9.01. The Hall–Kier alpha value is -2.96. The van der Waals surface area contributed by atoms with E-state index in [9.17, 15) is 9.90 Å². The molecule has 2 aliphatic heterocycles. The van der Waals surface area contributed by atoms with Crippen LogP contribution in [-0.4, -0.2) is 64.1 Å². The number of rotatable bonds is 4. The van der Waals surface area contributed by atoms with Crippen LogP contribution in [0.4, 0.5) is 5.69 Å². The molecule has 1 saturated carbocycles. The number of aliphatic hydroxyl groups excluding tert-OH is 1. The Bertz CT molecular complexity index is 1190.